The predicted octanol–water partition coefficient (Wildman–Crippen LogP) is 2.54. The van der Waals surface area contributed by atoms with Crippen molar-refractivity contribution in [3.8, 4) is 0 Å². The Hall–Kier alpha value is -1.92. The first kappa shape index (κ1) is 14.5. The molecular formula is C14H16FN3OS. The highest BCUT2D eigenvalue weighted by atomic mass is 32.1. The number of nitrogen functional groups attached to an aromatic ring is 1. The second kappa shape index (κ2) is 6.49. The molecule has 0 spiro atoms. The molecule has 0 fully saturated rings. The van der Waals surface area contributed by atoms with Gasteiger partial charge in [0.25, 0.3) is 0 Å². The number of likely N-dealkylation sites (N-methyl/N-ethyl adjacent to an activating group) is 1. The van der Waals surface area contributed by atoms with E-state index in [1.54, 1.807) is 11.3 Å². The summed E-state index contributed by atoms with van der Waals surface area (Å²) in [7, 11) is 1.87. The predicted molar refractivity (Wildman–Crippen MR) is 80.1 cm³/mol. The average molecular weight is 293 g/mol. The van der Waals surface area contributed by atoms with Crippen molar-refractivity contribution in [2.45, 2.75) is 6.54 Å². The van der Waals surface area contributed by atoms with E-state index in [-0.39, 0.29) is 18.1 Å². The molecule has 0 aliphatic carbocycles. The van der Waals surface area contributed by atoms with Gasteiger partial charge in [0.1, 0.15) is 5.82 Å². The standard InChI is InChI=1S/C14H16FN3OS/c1-18(8-11-3-2-6-20-11)9-14(19)17-10-4-5-12(15)13(16)7-10/h2-7H,8-9,16H2,1H3,(H,17,19). The fourth-order valence-electron chi connectivity index (χ4n) is 1.79. The van der Waals surface area contributed by atoms with E-state index in [1.807, 2.05) is 29.5 Å². The van der Waals surface area contributed by atoms with Crippen LogP contribution in [0.25, 0.3) is 0 Å². The van der Waals surface area contributed by atoms with E-state index in [0.717, 1.165) is 6.54 Å². The first-order chi connectivity index (χ1) is 9.54. The number of thiophene rings is 1. The summed E-state index contributed by atoms with van der Waals surface area (Å²) in [6, 6.07) is 8.14. The highest BCUT2D eigenvalue weighted by Crippen LogP contribution is 2.16. The van der Waals surface area contributed by atoms with Crippen molar-refractivity contribution in [2.75, 3.05) is 24.6 Å². The summed E-state index contributed by atoms with van der Waals surface area (Å²) in [6.45, 7) is 0.978. The first-order valence-electron chi connectivity index (χ1n) is 6.10. The van der Waals surface area contributed by atoms with E-state index in [1.165, 1.54) is 23.1 Å². The summed E-state index contributed by atoms with van der Waals surface area (Å²) in [4.78, 5) is 15.0. The van der Waals surface area contributed by atoms with E-state index < -0.39 is 5.82 Å². The molecule has 0 saturated heterocycles. The fraction of sp³-hybridized carbons (Fsp3) is 0.214. The van der Waals surface area contributed by atoms with Crippen molar-refractivity contribution < 1.29 is 9.18 Å². The maximum Gasteiger partial charge on any atom is 0.238 e. The number of anilines is 2. The number of carbonyl (C=O) groups is 1. The molecule has 2 rings (SSSR count). The van der Waals surface area contributed by atoms with E-state index in [0.29, 0.717) is 5.69 Å². The third kappa shape index (κ3) is 4.04. The minimum Gasteiger partial charge on any atom is -0.396 e. The minimum absolute atomic E-state index is 0.0229. The number of nitrogens with one attached hydrogen (secondary N) is 1. The van der Waals surface area contributed by atoms with Crippen LogP contribution in [0.1, 0.15) is 4.88 Å². The van der Waals surface area contributed by atoms with Crippen molar-refractivity contribution in [3.05, 3.63) is 46.4 Å². The Morgan fingerprint density at radius 2 is 2.25 bits per heavy atom. The number of carbonyl (C=O) groups excluding carboxylic acids is 1. The summed E-state index contributed by atoms with van der Waals surface area (Å²) in [5.74, 6) is -0.645. The van der Waals surface area contributed by atoms with Crippen LogP contribution >= 0.6 is 11.3 Å². The summed E-state index contributed by atoms with van der Waals surface area (Å²) in [5.41, 5.74) is 5.97. The third-order valence-corrected chi connectivity index (χ3v) is 3.56. The quantitative estimate of drug-likeness (QED) is 0.833. The molecule has 3 N–H and O–H groups in total. The molecule has 0 bridgehead atoms. The molecule has 0 atom stereocenters. The molecule has 2 aromatic rings. The smallest absolute Gasteiger partial charge is 0.238 e. The number of hydrogen-bond donors (Lipinski definition) is 2. The monoisotopic (exact) mass is 293 g/mol. The number of benzene rings is 1. The van der Waals surface area contributed by atoms with Crippen molar-refractivity contribution in [1.82, 2.24) is 4.90 Å². The van der Waals surface area contributed by atoms with Crippen LogP contribution in [0.15, 0.2) is 35.7 Å². The molecule has 20 heavy (non-hydrogen) atoms. The van der Waals surface area contributed by atoms with Crippen molar-refractivity contribution >= 4 is 28.6 Å². The van der Waals surface area contributed by atoms with E-state index in [9.17, 15) is 9.18 Å². The second-order valence-electron chi connectivity index (χ2n) is 4.54. The lowest BCUT2D eigenvalue weighted by atomic mass is 10.2. The van der Waals surface area contributed by atoms with Crippen LogP contribution in [-0.4, -0.2) is 24.4 Å². The van der Waals surface area contributed by atoms with Gasteiger partial charge < -0.3 is 11.1 Å². The molecule has 1 heterocycles. The Kier molecular flexibility index (Phi) is 4.70. The van der Waals surface area contributed by atoms with Gasteiger partial charge in [-0.2, -0.15) is 0 Å². The normalized spacial score (nSPS) is 10.8. The first-order valence-corrected chi connectivity index (χ1v) is 6.98. The number of hydrogen-bond acceptors (Lipinski definition) is 4. The number of nitrogens with two attached hydrogens (primary N) is 1. The summed E-state index contributed by atoms with van der Waals surface area (Å²) in [5, 5.41) is 4.70. The zero-order valence-electron chi connectivity index (χ0n) is 11.1. The number of nitrogens with zero attached hydrogens (tertiary/aromatic N) is 1. The van der Waals surface area contributed by atoms with Gasteiger partial charge in [-0.05, 0) is 36.7 Å². The molecule has 6 heteroatoms. The van der Waals surface area contributed by atoms with Gasteiger partial charge >= 0.3 is 0 Å². The van der Waals surface area contributed by atoms with Crippen LogP contribution < -0.4 is 11.1 Å². The highest BCUT2D eigenvalue weighted by Gasteiger charge is 2.09. The molecule has 0 radical (unpaired) electrons. The lowest BCUT2D eigenvalue weighted by Crippen LogP contribution is -2.29. The molecule has 1 aromatic carbocycles. The van der Waals surface area contributed by atoms with Gasteiger partial charge in [-0.25, -0.2) is 4.39 Å². The Balaban J connectivity index is 1.87. The SMILES string of the molecule is CN(CC(=O)Nc1ccc(F)c(N)c1)Cc1cccs1. The molecule has 0 unspecified atom stereocenters. The molecule has 0 aliphatic rings. The maximum atomic E-state index is 13.0. The zero-order chi connectivity index (χ0) is 14.5. The van der Waals surface area contributed by atoms with Crippen LogP contribution in [-0.2, 0) is 11.3 Å². The Morgan fingerprint density at radius 1 is 1.45 bits per heavy atom. The van der Waals surface area contributed by atoms with Crippen LogP contribution in [0.3, 0.4) is 0 Å². The number of amides is 1. The van der Waals surface area contributed by atoms with Gasteiger partial charge in [0.05, 0.1) is 12.2 Å². The van der Waals surface area contributed by atoms with Gasteiger partial charge in [0.2, 0.25) is 5.91 Å². The summed E-state index contributed by atoms with van der Waals surface area (Å²) >= 11 is 1.65. The lowest BCUT2D eigenvalue weighted by molar-refractivity contribution is -0.117. The average Bonchev–Trinajstić information content (AvgIpc) is 2.86. The van der Waals surface area contributed by atoms with Gasteiger partial charge in [-0.3, -0.25) is 9.69 Å². The summed E-state index contributed by atoms with van der Waals surface area (Å²) in [6.07, 6.45) is 0. The van der Waals surface area contributed by atoms with Crippen LogP contribution in [0.5, 0.6) is 0 Å². The molecule has 1 aromatic heterocycles. The molecule has 106 valence electrons. The third-order valence-electron chi connectivity index (χ3n) is 2.70. The molecule has 0 aliphatic heterocycles. The van der Waals surface area contributed by atoms with Gasteiger partial charge in [-0.15, -0.1) is 11.3 Å². The van der Waals surface area contributed by atoms with Gasteiger partial charge in [0, 0.05) is 17.1 Å². The lowest BCUT2D eigenvalue weighted by Gasteiger charge is -2.15. The highest BCUT2D eigenvalue weighted by molar-refractivity contribution is 7.09. The van der Waals surface area contributed by atoms with Crippen LogP contribution in [0.4, 0.5) is 15.8 Å². The van der Waals surface area contributed by atoms with Gasteiger partial charge in [0.15, 0.2) is 0 Å². The van der Waals surface area contributed by atoms with Crippen LogP contribution in [0.2, 0.25) is 0 Å². The fourth-order valence-corrected chi connectivity index (χ4v) is 2.58. The van der Waals surface area contributed by atoms with E-state index in [4.69, 9.17) is 5.73 Å². The maximum absolute atomic E-state index is 13.0. The number of rotatable bonds is 5. The topological polar surface area (TPSA) is 58.4 Å². The van der Waals surface area contributed by atoms with Gasteiger partial charge in [-0.1, -0.05) is 6.07 Å². The largest absolute Gasteiger partial charge is 0.396 e. The molecule has 4 nitrogen and oxygen atoms in total. The van der Waals surface area contributed by atoms with E-state index in [2.05, 4.69) is 5.32 Å². The van der Waals surface area contributed by atoms with Crippen molar-refractivity contribution in [3.63, 3.8) is 0 Å². The zero-order valence-corrected chi connectivity index (χ0v) is 11.9. The minimum atomic E-state index is -0.488. The molecule has 0 saturated carbocycles. The van der Waals surface area contributed by atoms with Crippen LogP contribution in [0, 0.1) is 5.82 Å². The molecular weight excluding hydrogens is 277 g/mol. The second-order valence-corrected chi connectivity index (χ2v) is 5.57. The van der Waals surface area contributed by atoms with E-state index >= 15 is 0 Å². The Labute approximate surface area is 121 Å². The Morgan fingerprint density at radius 3 is 2.90 bits per heavy atom. The van der Waals surface area contributed by atoms with Crippen molar-refractivity contribution in [2.24, 2.45) is 0 Å². The van der Waals surface area contributed by atoms with Crippen molar-refractivity contribution in [1.29, 1.82) is 0 Å². The Bertz CT molecular complexity index is 586. The molecule has 1 amide bonds. The summed E-state index contributed by atoms with van der Waals surface area (Å²) < 4.78 is 13.0. The number of halogens is 1.